The summed E-state index contributed by atoms with van der Waals surface area (Å²) in [4.78, 5) is 5.04. The van der Waals surface area contributed by atoms with Crippen molar-refractivity contribution in [2.24, 2.45) is 0 Å². The first-order valence-corrected chi connectivity index (χ1v) is 9.26. The van der Waals surface area contributed by atoms with E-state index in [1.54, 1.807) is 0 Å². The topological polar surface area (TPSA) is 6.48 Å². The summed E-state index contributed by atoms with van der Waals surface area (Å²) < 4.78 is 0. The van der Waals surface area contributed by atoms with Crippen molar-refractivity contribution in [1.82, 2.24) is 4.90 Å². The van der Waals surface area contributed by atoms with Crippen molar-refractivity contribution < 1.29 is 0 Å². The fourth-order valence-corrected chi connectivity index (χ4v) is 3.57. The number of piperazine rings is 1. The third-order valence-electron chi connectivity index (χ3n) is 5.02. The lowest BCUT2D eigenvalue weighted by Crippen LogP contribution is -2.51. The Balaban J connectivity index is 0.000000198. The van der Waals surface area contributed by atoms with Crippen LogP contribution in [-0.4, -0.2) is 37.6 Å². The first-order valence-electron chi connectivity index (χ1n) is 9.26. The summed E-state index contributed by atoms with van der Waals surface area (Å²) in [5, 5.41) is 0. The normalized spacial score (nSPS) is 19.3. The highest BCUT2D eigenvalue weighted by atomic mass is 15.3. The molecule has 2 aliphatic rings. The average molecular weight is 322 g/mol. The SMILES string of the molecule is CCCC1CN(C)CCN1c1cccc(C)c1.c1ccc2c(c1)C2. The molecule has 0 saturated carbocycles. The number of aryl methyl sites for hydroxylation is 1. The fourth-order valence-electron chi connectivity index (χ4n) is 3.57. The van der Waals surface area contributed by atoms with E-state index in [1.807, 2.05) is 0 Å². The smallest absolute Gasteiger partial charge is 0.0417 e. The van der Waals surface area contributed by atoms with Crippen LogP contribution in [0.25, 0.3) is 0 Å². The third kappa shape index (κ3) is 4.39. The lowest BCUT2D eigenvalue weighted by Gasteiger charge is -2.41. The van der Waals surface area contributed by atoms with Gasteiger partial charge in [-0.1, -0.05) is 49.7 Å². The van der Waals surface area contributed by atoms with Crippen molar-refractivity contribution in [2.45, 2.75) is 39.2 Å². The van der Waals surface area contributed by atoms with E-state index < -0.39 is 0 Å². The maximum atomic E-state index is 2.59. The van der Waals surface area contributed by atoms with Crippen molar-refractivity contribution in [3.05, 3.63) is 65.2 Å². The van der Waals surface area contributed by atoms with E-state index >= 15 is 0 Å². The van der Waals surface area contributed by atoms with Gasteiger partial charge < -0.3 is 9.80 Å². The molecule has 0 aromatic heterocycles. The van der Waals surface area contributed by atoms with E-state index in [-0.39, 0.29) is 0 Å². The van der Waals surface area contributed by atoms with Gasteiger partial charge in [0.25, 0.3) is 0 Å². The molecule has 24 heavy (non-hydrogen) atoms. The molecule has 1 aliphatic heterocycles. The van der Waals surface area contributed by atoms with Crippen LogP contribution in [0.3, 0.4) is 0 Å². The van der Waals surface area contributed by atoms with Crippen LogP contribution < -0.4 is 4.90 Å². The molecule has 0 N–H and O–H groups in total. The molecule has 1 unspecified atom stereocenters. The van der Waals surface area contributed by atoms with Crippen LogP contribution in [0.4, 0.5) is 5.69 Å². The van der Waals surface area contributed by atoms with Crippen molar-refractivity contribution in [3.63, 3.8) is 0 Å². The molecule has 2 aromatic rings. The number of hydrogen-bond donors (Lipinski definition) is 0. The summed E-state index contributed by atoms with van der Waals surface area (Å²) >= 11 is 0. The Kier molecular flexibility index (Phi) is 5.57. The summed E-state index contributed by atoms with van der Waals surface area (Å²) in [6.45, 7) is 7.98. The summed E-state index contributed by atoms with van der Waals surface area (Å²) in [7, 11) is 2.23. The second kappa shape index (κ2) is 7.85. The number of fused-ring (bicyclic) bond motifs is 1. The van der Waals surface area contributed by atoms with E-state index in [0.717, 1.165) is 6.54 Å². The van der Waals surface area contributed by atoms with Crippen molar-refractivity contribution in [1.29, 1.82) is 0 Å². The average Bonchev–Trinajstić information content (AvgIpc) is 3.35. The minimum absolute atomic E-state index is 0.681. The molecule has 1 aliphatic carbocycles. The van der Waals surface area contributed by atoms with Gasteiger partial charge in [-0.3, -0.25) is 0 Å². The number of benzene rings is 2. The van der Waals surface area contributed by atoms with Gasteiger partial charge in [0.1, 0.15) is 0 Å². The molecule has 2 nitrogen and oxygen atoms in total. The first kappa shape index (κ1) is 17.0. The molecule has 0 spiro atoms. The molecular formula is C22H30N2. The minimum Gasteiger partial charge on any atom is -0.366 e. The summed E-state index contributed by atoms with van der Waals surface area (Å²) in [5.74, 6) is 0. The van der Waals surface area contributed by atoms with Crippen LogP contribution in [0.1, 0.15) is 36.5 Å². The largest absolute Gasteiger partial charge is 0.366 e. The molecule has 0 bridgehead atoms. The predicted octanol–water partition coefficient (Wildman–Crippen LogP) is 4.51. The van der Waals surface area contributed by atoms with E-state index in [2.05, 4.69) is 79.2 Å². The Hall–Kier alpha value is -1.80. The van der Waals surface area contributed by atoms with Gasteiger partial charge in [-0.15, -0.1) is 0 Å². The lowest BCUT2D eigenvalue weighted by molar-refractivity contribution is 0.259. The first-order chi connectivity index (χ1) is 11.7. The number of nitrogens with zero attached hydrogens (tertiary/aromatic N) is 2. The Morgan fingerprint density at radius 1 is 1.00 bits per heavy atom. The lowest BCUT2D eigenvalue weighted by atomic mass is 10.1. The van der Waals surface area contributed by atoms with Gasteiger partial charge in [-0.25, -0.2) is 0 Å². The fraction of sp³-hybridized carbons (Fsp3) is 0.455. The van der Waals surface area contributed by atoms with Crippen molar-refractivity contribution >= 4 is 5.69 Å². The van der Waals surface area contributed by atoms with Crippen LogP contribution in [0, 0.1) is 6.92 Å². The van der Waals surface area contributed by atoms with Crippen LogP contribution in [-0.2, 0) is 6.42 Å². The monoisotopic (exact) mass is 322 g/mol. The second-order valence-corrected chi connectivity index (χ2v) is 7.18. The molecule has 128 valence electrons. The van der Waals surface area contributed by atoms with Crippen molar-refractivity contribution in [3.8, 4) is 0 Å². The Morgan fingerprint density at radius 2 is 1.75 bits per heavy atom. The molecule has 1 fully saturated rings. The number of rotatable bonds is 3. The summed E-state index contributed by atoms with van der Waals surface area (Å²) in [6.07, 6.45) is 3.80. The predicted molar refractivity (Wildman–Crippen MR) is 104 cm³/mol. The van der Waals surface area contributed by atoms with E-state index in [0.29, 0.717) is 6.04 Å². The van der Waals surface area contributed by atoms with Crippen LogP contribution in [0.15, 0.2) is 48.5 Å². The molecule has 0 amide bonds. The van der Waals surface area contributed by atoms with Crippen LogP contribution in [0.5, 0.6) is 0 Å². The van der Waals surface area contributed by atoms with Gasteiger partial charge in [0.2, 0.25) is 0 Å². The molecule has 1 atom stereocenters. The maximum Gasteiger partial charge on any atom is 0.0417 e. The number of likely N-dealkylation sites (N-methyl/N-ethyl adjacent to an activating group) is 1. The number of anilines is 1. The highest BCUT2D eigenvalue weighted by molar-refractivity contribution is 5.50. The Labute approximate surface area is 147 Å². The highest BCUT2D eigenvalue weighted by Gasteiger charge is 2.24. The standard InChI is InChI=1S/C15H24N2.C7H6/c1-4-6-15-12-16(3)9-10-17(15)14-8-5-7-13(2)11-14;1-2-4-7-5-6(7)3-1/h5,7-8,11,15H,4,6,9-10,12H2,1-3H3;1-4H,5H2. The van der Waals surface area contributed by atoms with Gasteiger partial charge >= 0.3 is 0 Å². The Bertz CT molecular complexity index is 644. The van der Waals surface area contributed by atoms with Crippen LogP contribution in [0.2, 0.25) is 0 Å². The third-order valence-corrected chi connectivity index (χ3v) is 5.02. The quantitative estimate of drug-likeness (QED) is 0.700. The zero-order chi connectivity index (χ0) is 16.9. The van der Waals surface area contributed by atoms with Gasteiger partial charge in [-0.05, 0) is 55.6 Å². The number of hydrogen-bond acceptors (Lipinski definition) is 2. The molecule has 1 heterocycles. The van der Waals surface area contributed by atoms with Gasteiger partial charge in [-0.2, -0.15) is 0 Å². The van der Waals surface area contributed by atoms with Gasteiger partial charge in [0, 0.05) is 31.4 Å². The van der Waals surface area contributed by atoms with Gasteiger partial charge in [0.15, 0.2) is 0 Å². The van der Waals surface area contributed by atoms with E-state index in [9.17, 15) is 0 Å². The minimum atomic E-state index is 0.681. The van der Waals surface area contributed by atoms with E-state index in [1.165, 1.54) is 54.7 Å². The summed E-state index contributed by atoms with van der Waals surface area (Å²) in [6, 6.07) is 18.1. The molecule has 4 rings (SSSR count). The maximum absolute atomic E-state index is 2.59. The molecule has 1 saturated heterocycles. The van der Waals surface area contributed by atoms with Crippen molar-refractivity contribution in [2.75, 3.05) is 31.6 Å². The Morgan fingerprint density at radius 3 is 2.38 bits per heavy atom. The summed E-state index contributed by atoms with van der Waals surface area (Å²) in [5.41, 5.74) is 5.82. The highest BCUT2D eigenvalue weighted by Crippen LogP contribution is 2.25. The van der Waals surface area contributed by atoms with Gasteiger partial charge in [0.05, 0.1) is 0 Å². The molecule has 2 aromatic carbocycles. The molecular weight excluding hydrogens is 292 g/mol. The zero-order valence-corrected chi connectivity index (χ0v) is 15.3. The second-order valence-electron chi connectivity index (χ2n) is 7.18. The molecule has 0 radical (unpaired) electrons. The molecule has 2 heteroatoms. The van der Waals surface area contributed by atoms with Crippen LogP contribution >= 0.6 is 0 Å². The zero-order valence-electron chi connectivity index (χ0n) is 15.3. The van der Waals surface area contributed by atoms with E-state index in [4.69, 9.17) is 0 Å².